The number of alkyl halides is 3. The quantitative estimate of drug-likeness (QED) is 0.370. The summed E-state index contributed by atoms with van der Waals surface area (Å²) in [6.07, 6.45) is -2.55. The van der Waals surface area contributed by atoms with Crippen LogP contribution in [0.5, 0.6) is 11.5 Å². The topological polar surface area (TPSA) is 55.8 Å². The SMILES string of the molecule is CC(C)(C)c1ccc(COc2ccc(-c3ccccc3OC(F)(F)F)cc2/C=C/C(=O)O)cc1. The second-order valence-corrected chi connectivity index (χ2v) is 8.70. The smallest absolute Gasteiger partial charge is 0.488 e. The fourth-order valence-electron chi connectivity index (χ4n) is 3.32. The number of benzene rings is 3. The number of aliphatic carboxylic acids is 1. The molecule has 178 valence electrons. The molecule has 3 rings (SSSR count). The van der Waals surface area contributed by atoms with Crippen molar-refractivity contribution in [3.05, 3.63) is 89.5 Å². The first-order chi connectivity index (χ1) is 15.9. The molecule has 0 atom stereocenters. The molecule has 0 saturated heterocycles. The van der Waals surface area contributed by atoms with Gasteiger partial charge in [-0.15, -0.1) is 13.2 Å². The Balaban J connectivity index is 1.90. The Morgan fingerprint density at radius 2 is 1.62 bits per heavy atom. The zero-order chi connectivity index (χ0) is 24.9. The number of para-hydroxylation sites is 1. The maximum atomic E-state index is 12.8. The summed E-state index contributed by atoms with van der Waals surface area (Å²) in [5.74, 6) is -1.11. The number of hydrogen-bond donors (Lipinski definition) is 1. The standard InChI is InChI=1S/C27H25F3O4/c1-26(2,3)21-12-8-18(9-13-21)17-33-23-14-10-19(16-20(23)11-15-25(31)32)22-6-4-5-7-24(22)34-27(28,29)30/h4-16H,17H2,1-3H3,(H,31,32)/b15-11+. The summed E-state index contributed by atoms with van der Waals surface area (Å²) >= 11 is 0. The van der Waals surface area contributed by atoms with Gasteiger partial charge in [0.2, 0.25) is 0 Å². The van der Waals surface area contributed by atoms with Crippen LogP contribution in [0.1, 0.15) is 37.5 Å². The predicted octanol–water partition coefficient (Wildman–Crippen LogP) is 7.23. The lowest BCUT2D eigenvalue weighted by atomic mass is 9.87. The first-order valence-electron chi connectivity index (χ1n) is 10.5. The van der Waals surface area contributed by atoms with Crippen LogP contribution >= 0.6 is 0 Å². The van der Waals surface area contributed by atoms with Gasteiger partial charge < -0.3 is 14.6 Å². The van der Waals surface area contributed by atoms with Crippen LogP contribution in [-0.4, -0.2) is 17.4 Å². The van der Waals surface area contributed by atoms with E-state index in [1.165, 1.54) is 29.8 Å². The molecular formula is C27H25F3O4. The van der Waals surface area contributed by atoms with Gasteiger partial charge in [-0.25, -0.2) is 4.79 Å². The van der Waals surface area contributed by atoms with Gasteiger partial charge in [-0.3, -0.25) is 0 Å². The minimum absolute atomic E-state index is 0.0239. The lowest BCUT2D eigenvalue weighted by Crippen LogP contribution is -2.17. The van der Waals surface area contributed by atoms with Gasteiger partial charge in [0.15, 0.2) is 0 Å². The Kier molecular flexibility index (Phi) is 7.35. The number of carbonyl (C=O) groups is 1. The highest BCUT2D eigenvalue weighted by molar-refractivity contribution is 5.86. The van der Waals surface area contributed by atoms with Crippen LogP contribution in [0.25, 0.3) is 17.2 Å². The molecule has 0 aliphatic rings. The third-order valence-electron chi connectivity index (χ3n) is 5.05. The van der Waals surface area contributed by atoms with E-state index in [0.29, 0.717) is 16.9 Å². The molecule has 4 nitrogen and oxygen atoms in total. The Hall–Kier alpha value is -3.74. The molecule has 34 heavy (non-hydrogen) atoms. The predicted molar refractivity (Wildman–Crippen MR) is 125 cm³/mol. The summed E-state index contributed by atoms with van der Waals surface area (Å²) in [4.78, 5) is 11.1. The number of carboxylic acids is 1. The van der Waals surface area contributed by atoms with Gasteiger partial charge in [0.25, 0.3) is 0 Å². The fourth-order valence-corrected chi connectivity index (χ4v) is 3.32. The monoisotopic (exact) mass is 470 g/mol. The molecule has 3 aromatic rings. The van der Waals surface area contributed by atoms with Crippen LogP contribution in [0, 0.1) is 0 Å². The Bertz CT molecular complexity index is 1170. The second-order valence-electron chi connectivity index (χ2n) is 8.70. The summed E-state index contributed by atoms with van der Waals surface area (Å²) in [7, 11) is 0. The van der Waals surface area contributed by atoms with Crippen molar-refractivity contribution in [1.29, 1.82) is 0 Å². The number of halogens is 3. The summed E-state index contributed by atoms with van der Waals surface area (Å²) in [6, 6.07) is 18.5. The average molecular weight is 470 g/mol. The van der Waals surface area contributed by atoms with E-state index in [2.05, 4.69) is 25.5 Å². The molecule has 0 fully saturated rings. The first-order valence-corrected chi connectivity index (χ1v) is 10.5. The molecule has 0 amide bonds. The van der Waals surface area contributed by atoms with Gasteiger partial charge in [0, 0.05) is 17.2 Å². The van der Waals surface area contributed by atoms with Gasteiger partial charge in [0.05, 0.1) is 0 Å². The minimum atomic E-state index is -4.84. The van der Waals surface area contributed by atoms with Crippen molar-refractivity contribution < 1.29 is 32.5 Å². The van der Waals surface area contributed by atoms with Crippen molar-refractivity contribution in [1.82, 2.24) is 0 Å². The minimum Gasteiger partial charge on any atom is -0.488 e. The highest BCUT2D eigenvalue weighted by atomic mass is 19.4. The molecule has 1 N–H and O–H groups in total. The highest BCUT2D eigenvalue weighted by Gasteiger charge is 2.32. The number of rotatable bonds is 7. The van der Waals surface area contributed by atoms with Gasteiger partial charge in [-0.05, 0) is 46.4 Å². The summed E-state index contributed by atoms with van der Waals surface area (Å²) in [5, 5.41) is 9.05. The maximum Gasteiger partial charge on any atom is 0.573 e. The molecule has 3 aromatic carbocycles. The molecule has 0 aromatic heterocycles. The van der Waals surface area contributed by atoms with E-state index in [4.69, 9.17) is 9.84 Å². The lowest BCUT2D eigenvalue weighted by Gasteiger charge is -2.19. The average Bonchev–Trinajstić information content (AvgIpc) is 2.75. The normalized spacial score (nSPS) is 12.1. The largest absolute Gasteiger partial charge is 0.573 e. The van der Waals surface area contributed by atoms with Crippen molar-refractivity contribution >= 4 is 12.0 Å². The van der Waals surface area contributed by atoms with E-state index in [1.807, 2.05) is 24.3 Å². The number of ether oxygens (including phenoxy) is 2. The molecule has 0 saturated carbocycles. The van der Waals surface area contributed by atoms with Crippen LogP contribution in [0.4, 0.5) is 13.2 Å². The molecule has 7 heteroatoms. The fraction of sp³-hybridized carbons (Fsp3) is 0.222. The van der Waals surface area contributed by atoms with E-state index in [-0.39, 0.29) is 23.3 Å². The number of hydrogen-bond acceptors (Lipinski definition) is 3. The van der Waals surface area contributed by atoms with E-state index >= 15 is 0 Å². The van der Waals surface area contributed by atoms with Crippen LogP contribution in [0.15, 0.2) is 72.8 Å². The zero-order valence-corrected chi connectivity index (χ0v) is 19.0. The van der Waals surface area contributed by atoms with Crippen molar-refractivity contribution in [3.63, 3.8) is 0 Å². The van der Waals surface area contributed by atoms with Crippen molar-refractivity contribution in [2.75, 3.05) is 0 Å². The van der Waals surface area contributed by atoms with Crippen LogP contribution in [0.3, 0.4) is 0 Å². The molecule has 0 radical (unpaired) electrons. The van der Waals surface area contributed by atoms with E-state index in [0.717, 1.165) is 11.6 Å². The van der Waals surface area contributed by atoms with Crippen LogP contribution in [0.2, 0.25) is 0 Å². The molecular weight excluding hydrogens is 445 g/mol. The van der Waals surface area contributed by atoms with Crippen LogP contribution < -0.4 is 9.47 Å². The highest BCUT2D eigenvalue weighted by Crippen LogP contribution is 2.36. The van der Waals surface area contributed by atoms with E-state index < -0.39 is 12.3 Å². The maximum absolute atomic E-state index is 12.8. The van der Waals surface area contributed by atoms with Crippen LogP contribution in [-0.2, 0) is 16.8 Å². The molecule has 0 unspecified atom stereocenters. The Morgan fingerprint density at radius 1 is 0.941 bits per heavy atom. The van der Waals surface area contributed by atoms with Crippen molar-refractivity contribution in [2.24, 2.45) is 0 Å². The molecule has 0 aliphatic heterocycles. The van der Waals surface area contributed by atoms with Gasteiger partial charge >= 0.3 is 12.3 Å². The summed E-state index contributed by atoms with van der Waals surface area (Å²) < 4.78 is 48.5. The first kappa shape index (κ1) is 24.9. The van der Waals surface area contributed by atoms with Crippen molar-refractivity contribution in [2.45, 2.75) is 39.2 Å². The van der Waals surface area contributed by atoms with Gasteiger partial charge in [-0.2, -0.15) is 0 Å². The molecule has 0 aliphatic carbocycles. The number of carboxylic acid groups (broad SMARTS) is 1. The third-order valence-corrected chi connectivity index (χ3v) is 5.05. The lowest BCUT2D eigenvalue weighted by molar-refractivity contribution is -0.274. The molecule has 0 heterocycles. The summed E-state index contributed by atoms with van der Waals surface area (Å²) in [6.45, 7) is 6.61. The zero-order valence-electron chi connectivity index (χ0n) is 19.0. The van der Waals surface area contributed by atoms with Gasteiger partial charge in [-0.1, -0.05) is 69.3 Å². The third kappa shape index (κ3) is 6.88. The molecule has 0 spiro atoms. The van der Waals surface area contributed by atoms with E-state index in [9.17, 15) is 18.0 Å². The van der Waals surface area contributed by atoms with E-state index in [1.54, 1.807) is 24.3 Å². The molecule has 0 bridgehead atoms. The Morgan fingerprint density at radius 3 is 2.24 bits per heavy atom. The van der Waals surface area contributed by atoms with Gasteiger partial charge in [0.1, 0.15) is 18.1 Å². The second kappa shape index (κ2) is 10.0. The van der Waals surface area contributed by atoms with Crippen molar-refractivity contribution in [3.8, 4) is 22.6 Å². The Labute approximate surface area is 196 Å². The summed E-state index contributed by atoms with van der Waals surface area (Å²) in [5.41, 5.74) is 3.18.